The van der Waals surface area contributed by atoms with Crippen molar-refractivity contribution in [1.29, 1.82) is 0 Å². The predicted octanol–water partition coefficient (Wildman–Crippen LogP) is 4.31. The van der Waals surface area contributed by atoms with E-state index >= 15 is 0 Å². The molecule has 0 aliphatic heterocycles. The Morgan fingerprint density at radius 1 is 0.905 bits per heavy atom. The molecule has 1 aliphatic carbocycles. The van der Waals surface area contributed by atoms with Gasteiger partial charge in [-0.25, -0.2) is 0 Å². The first kappa shape index (κ1) is 12.9. The van der Waals surface area contributed by atoms with Crippen molar-refractivity contribution in [2.24, 2.45) is 11.7 Å². The summed E-state index contributed by atoms with van der Waals surface area (Å²) in [5.41, 5.74) is 8.94. The highest BCUT2D eigenvalue weighted by Gasteiger charge is 2.23. The van der Waals surface area contributed by atoms with Gasteiger partial charge in [-0.15, -0.1) is 0 Å². The lowest BCUT2D eigenvalue weighted by molar-refractivity contribution is 0.421. The first-order chi connectivity index (χ1) is 10.3. The fourth-order valence-corrected chi connectivity index (χ4v) is 3.96. The topological polar surface area (TPSA) is 30.9 Å². The summed E-state index contributed by atoms with van der Waals surface area (Å²) < 4.78 is 2.48. The Balaban J connectivity index is 1.75. The Bertz CT molecular complexity index is 718. The van der Waals surface area contributed by atoms with E-state index in [2.05, 4.69) is 53.1 Å². The maximum absolute atomic E-state index is 6.23. The van der Waals surface area contributed by atoms with Gasteiger partial charge in [-0.1, -0.05) is 42.8 Å². The number of benzene rings is 2. The van der Waals surface area contributed by atoms with Gasteiger partial charge in [0.25, 0.3) is 0 Å². The molecule has 2 nitrogen and oxygen atoms in total. The number of fused-ring (bicyclic) bond motifs is 3. The lowest BCUT2D eigenvalue weighted by Crippen LogP contribution is -2.25. The highest BCUT2D eigenvalue weighted by Crippen LogP contribution is 2.31. The number of hydrogen-bond donors (Lipinski definition) is 1. The number of aryl methyl sites for hydroxylation is 1. The van der Waals surface area contributed by atoms with E-state index in [1.54, 1.807) is 0 Å². The molecule has 2 aromatic carbocycles. The van der Waals surface area contributed by atoms with Gasteiger partial charge in [-0.2, -0.15) is 0 Å². The summed E-state index contributed by atoms with van der Waals surface area (Å²) >= 11 is 0. The third-order valence-corrected chi connectivity index (χ3v) is 5.12. The summed E-state index contributed by atoms with van der Waals surface area (Å²) in [6.45, 7) is 1.08. The molecule has 0 bridgehead atoms. The monoisotopic (exact) mass is 278 g/mol. The molecule has 3 aromatic rings. The van der Waals surface area contributed by atoms with Crippen LogP contribution in [-0.2, 0) is 6.54 Å². The molecule has 2 heteroatoms. The van der Waals surface area contributed by atoms with Crippen LogP contribution in [0.15, 0.2) is 48.5 Å². The van der Waals surface area contributed by atoms with E-state index in [1.165, 1.54) is 47.5 Å². The molecule has 1 aliphatic rings. The zero-order valence-electron chi connectivity index (χ0n) is 12.3. The minimum absolute atomic E-state index is 0.415. The SMILES string of the molecule is NC1CCCC1CCn1c2ccccc2c2ccccc21. The van der Waals surface area contributed by atoms with Crippen LogP contribution in [0.2, 0.25) is 0 Å². The second-order valence-electron chi connectivity index (χ2n) is 6.33. The molecule has 0 saturated heterocycles. The van der Waals surface area contributed by atoms with Crippen LogP contribution in [0, 0.1) is 5.92 Å². The molecule has 2 atom stereocenters. The summed E-state index contributed by atoms with van der Waals surface area (Å²) in [4.78, 5) is 0. The molecule has 2 N–H and O–H groups in total. The lowest BCUT2D eigenvalue weighted by atomic mass is 10.0. The normalized spacial score (nSPS) is 22.3. The second kappa shape index (κ2) is 5.19. The van der Waals surface area contributed by atoms with Crippen molar-refractivity contribution in [2.75, 3.05) is 0 Å². The summed E-state index contributed by atoms with van der Waals surface area (Å²) in [5.74, 6) is 0.699. The van der Waals surface area contributed by atoms with Gasteiger partial charge in [0, 0.05) is 34.4 Å². The lowest BCUT2D eigenvalue weighted by Gasteiger charge is -2.16. The van der Waals surface area contributed by atoms with Gasteiger partial charge in [0.1, 0.15) is 0 Å². The number of nitrogens with two attached hydrogens (primary N) is 1. The maximum Gasteiger partial charge on any atom is 0.0491 e. The highest BCUT2D eigenvalue weighted by molar-refractivity contribution is 6.07. The molecular formula is C19H22N2. The fourth-order valence-electron chi connectivity index (χ4n) is 3.96. The molecule has 1 fully saturated rings. The molecule has 0 amide bonds. The van der Waals surface area contributed by atoms with Crippen LogP contribution in [-0.4, -0.2) is 10.6 Å². The Labute approximate surface area is 125 Å². The van der Waals surface area contributed by atoms with Crippen LogP contribution >= 0.6 is 0 Å². The van der Waals surface area contributed by atoms with Crippen molar-refractivity contribution in [3.8, 4) is 0 Å². The van der Waals surface area contributed by atoms with Crippen LogP contribution in [0.25, 0.3) is 21.8 Å². The Morgan fingerprint density at radius 3 is 2.10 bits per heavy atom. The summed E-state index contributed by atoms with van der Waals surface area (Å²) in [5, 5.41) is 2.73. The predicted molar refractivity (Wildman–Crippen MR) is 89.4 cm³/mol. The van der Waals surface area contributed by atoms with Crippen molar-refractivity contribution in [3.05, 3.63) is 48.5 Å². The third kappa shape index (κ3) is 2.14. The first-order valence-corrected chi connectivity index (χ1v) is 8.06. The Morgan fingerprint density at radius 2 is 1.52 bits per heavy atom. The van der Waals surface area contributed by atoms with Crippen LogP contribution in [0.5, 0.6) is 0 Å². The first-order valence-electron chi connectivity index (χ1n) is 8.06. The van der Waals surface area contributed by atoms with E-state index in [4.69, 9.17) is 5.73 Å². The van der Waals surface area contributed by atoms with E-state index in [1.807, 2.05) is 0 Å². The molecule has 1 heterocycles. The summed E-state index contributed by atoms with van der Waals surface area (Å²) in [7, 11) is 0. The van der Waals surface area contributed by atoms with Crippen LogP contribution in [0.1, 0.15) is 25.7 Å². The number of rotatable bonds is 3. The van der Waals surface area contributed by atoms with Gasteiger partial charge in [0.2, 0.25) is 0 Å². The maximum atomic E-state index is 6.23. The van der Waals surface area contributed by atoms with E-state index in [0.717, 1.165) is 6.54 Å². The van der Waals surface area contributed by atoms with Gasteiger partial charge in [0.05, 0.1) is 0 Å². The van der Waals surface area contributed by atoms with Crippen molar-refractivity contribution in [2.45, 2.75) is 38.3 Å². The van der Waals surface area contributed by atoms with E-state index in [-0.39, 0.29) is 0 Å². The minimum atomic E-state index is 0.415. The average molecular weight is 278 g/mol. The zero-order chi connectivity index (χ0) is 14.2. The molecule has 108 valence electrons. The van der Waals surface area contributed by atoms with Crippen molar-refractivity contribution < 1.29 is 0 Å². The summed E-state index contributed by atoms with van der Waals surface area (Å²) in [6.07, 6.45) is 5.01. The standard InChI is InChI=1S/C19H22N2/c20-17-9-5-6-14(17)12-13-21-18-10-3-1-7-15(18)16-8-2-4-11-19(16)21/h1-4,7-8,10-11,14,17H,5-6,9,12-13,20H2. The second-order valence-corrected chi connectivity index (χ2v) is 6.33. The van der Waals surface area contributed by atoms with Gasteiger partial charge in [0.15, 0.2) is 0 Å². The van der Waals surface area contributed by atoms with Gasteiger partial charge in [-0.05, 0) is 37.3 Å². The molecule has 1 aromatic heterocycles. The van der Waals surface area contributed by atoms with Crippen molar-refractivity contribution in [1.82, 2.24) is 4.57 Å². The quantitative estimate of drug-likeness (QED) is 0.760. The molecule has 4 rings (SSSR count). The smallest absolute Gasteiger partial charge is 0.0491 e. The van der Waals surface area contributed by atoms with Crippen LogP contribution in [0.3, 0.4) is 0 Å². The number of aromatic nitrogens is 1. The molecule has 0 radical (unpaired) electrons. The number of hydrogen-bond acceptors (Lipinski definition) is 1. The fraction of sp³-hybridized carbons (Fsp3) is 0.368. The largest absolute Gasteiger partial charge is 0.340 e. The van der Waals surface area contributed by atoms with Crippen molar-refractivity contribution in [3.63, 3.8) is 0 Å². The minimum Gasteiger partial charge on any atom is -0.340 e. The number of para-hydroxylation sites is 2. The van der Waals surface area contributed by atoms with Crippen LogP contribution < -0.4 is 5.73 Å². The van der Waals surface area contributed by atoms with E-state index in [0.29, 0.717) is 12.0 Å². The third-order valence-electron chi connectivity index (χ3n) is 5.12. The summed E-state index contributed by atoms with van der Waals surface area (Å²) in [6, 6.07) is 17.9. The molecule has 0 spiro atoms. The average Bonchev–Trinajstić information content (AvgIpc) is 3.07. The van der Waals surface area contributed by atoms with Gasteiger partial charge in [-0.3, -0.25) is 0 Å². The van der Waals surface area contributed by atoms with Gasteiger partial charge >= 0.3 is 0 Å². The van der Waals surface area contributed by atoms with Gasteiger partial charge < -0.3 is 10.3 Å². The molecule has 21 heavy (non-hydrogen) atoms. The van der Waals surface area contributed by atoms with Crippen molar-refractivity contribution >= 4 is 21.8 Å². The highest BCUT2D eigenvalue weighted by atomic mass is 15.0. The number of nitrogens with zero attached hydrogens (tertiary/aromatic N) is 1. The molecule has 2 unspecified atom stereocenters. The zero-order valence-corrected chi connectivity index (χ0v) is 12.3. The van der Waals surface area contributed by atoms with E-state index < -0.39 is 0 Å². The Hall–Kier alpha value is -1.80. The Kier molecular flexibility index (Phi) is 3.19. The van der Waals surface area contributed by atoms with Crippen LogP contribution in [0.4, 0.5) is 0 Å². The molecule has 1 saturated carbocycles. The molecular weight excluding hydrogens is 256 g/mol. The van der Waals surface area contributed by atoms with E-state index in [9.17, 15) is 0 Å².